The first-order valence-corrected chi connectivity index (χ1v) is 7.07. The molecule has 3 atom stereocenters. The SMILES string of the molecule is CCCC(N)C(O)CC(C)c1cc(C)c(C)cc1F. The molecule has 0 saturated carbocycles. The zero-order valence-corrected chi connectivity index (χ0v) is 12.4. The van der Waals surface area contributed by atoms with Crippen LogP contribution in [-0.4, -0.2) is 17.3 Å². The van der Waals surface area contributed by atoms with Crippen LogP contribution in [0.1, 0.15) is 55.7 Å². The molecule has 0 aliphatic rings. The summed E-state index contributed by atoms with van der Waals surface area (Å²) in [5.41, 5.74) is 8.61. The summed E-state index contributed by atoms with van der Waals surface area (Å²) in [7, 11) is 0. The Bertz CT molecular complexity index is 419. The van der Waals surface area contributed by atoms with Gasteiger partial charge in [-0.25, -0.2) is 4.39 Å². The van der Waals surface area contributed by atoms with E-state index in [0.29, 0.717) is 12.0 Å². The number of hydrogen-bond donors (Lipinski definition) is 2. The molecule has 0 saturated heterocycles. The van der Waals surface area contributed by atoms with Crippen LogP contribution in [-0.2, 0) is 0 Å². The lowest BCUT2D eigenvalue weighted by Gasteiger charge is -2.22. The third-order valence-corrected chi connectivity index (χ3v) is 3.86. The van der Waals surface area contributed by atoms with Crippen LogP contribution in [0.2, 0.25) is 0 Å². The molecule has 0 aromatic heterocycles. The minimum Gasteiger partial charge on any atom is -0.391 e. The quantitative estimate of drug-likeness (QED) is 0.829. The van der Waals surface area contributed by atoms with Crippen molar-refractivity contribution in [3.05, 3.63) is 34.6 Å². The molecule has 1 aromatic rings. The Hall–Kier alpha value is -0.930. The molecule has 1 aromatic carbocycles. The average Bonchev–Trinajstić information content (AvgIpc) is 2.33. The molecule has 3 N–H and O–H groups in total. The molecule has 0 spiro atoms. The Balaban J connectivity index is 2.78. The molecular formula is C16H26FNO. The summed E-state index contributed by atoms with van der Waals surface area (Å²) in [6, 6.07) is 3.23. The van der Waals surface area contributed by atoms with Gasteiger partial charge in [-0.3, -0.25) is 0 Å². The Morgan fingerprint density at radius 1 is 1.26 bits per heavy atom. The smallest absolute Gasteiger partial charge is 0.126 e. The number of benzene rings is 1. The van der Waals surface area contributed by atoms with Gasteiger partial charge in [-0.05, 0) is 55.4 Å². The van der Waals surface area contributed by atoms with E-state index in [-0.39, 0.29) is 17.8 Å². The molecule has 19 heavy (non-hydrogen) atoms. The van der Waals surface area contributed by atoms with Crippen molar-refractivity contribution < 1.29 is 9.50 Å². The predicted molar refractivity (Wildman–Crippen MR) is 77.8 cm³/mol. The number of rotatable bonds is 6. The molecule has 0 bridgehead atoms. The maximum Gasteiger partial charge on any atom is 0.126 e. The summed E-state index contributed by atoms with van der Waals surface area (Å²) >= 11 is 0. The lowest BCUT2D eigenvalue weighted by molar-refractivity contribution is 0.123. The Morgan fingerprint density at radius 2 is 1.84 bits per heavy atom. The second-order valence-electron chi connectivity index (χ2n) is 5.61. The van der Waals surface area contributed by atoms with Gasteiger partial charge in [0, 0.05) is 6.04 Å². The van der Waals surface area contributed by atoms with Crippen molar-refractivity contribution in [2.45, 2.75) is 65.0 Å². The summed E-state index contributed by atoms with van der Waals surface area (Å²) in [5.74, 6) is -0.218. The maximum absolute atomic E-state index is 14.0. The van der Waals surface area contributed by atoms with Gasteiger partial charge in [-0.15, -0.1) is 0 Å². The largest absolute Gasteiger partial charge is 0.391 e. The van der Waals surface area contributed by atoms with Crippen molar-refractivity contribution in [1.29, 1.82) is 0 Å². The topological polar surface area (TPSA) is 46.2 Å². The second kappa shape index (κ2) is 7.01. The van der Waals surface area contributed by atoms with E-state index in [1.807, 2.05) is 33.8 Å². The minimum absolute atomic E-state index is 0.0304. The first-order valence-electron chi connectivity index (χ1n) is 7.07. The Morgan fingerprint density at radius 3 is 2.42 bits per heavy atom. The maximum atomic E-state index is 14.0. The average molecular weight is 267 g/mol. The molecule has 0 amide bonds. The number of aliphatic hydroxyl groups is 1. The Labute approximate surface area is 115 Å². The van der Waals surface area contributed by atoms with E-state index >= 15 is 0 Å². The summed E-state index contributed by atoms with van der Waals surface area (Å²) in [4.78, 5) is 0. The van der Waals surface area contributed by atoms with Gasteiger partial charge in [0.2, 0.25) is 0 Å². The molecule has 3 unspecified atom stereocenters. The normalized spacial score (nSPS) is 16.2. The van der Waals surface area contributed by atoms with Crippen LogP contribution in [0.15, 0.2) is 12.1 Å². The van der Waals surface area contributed by atoms with Crippen LogP contribution in [0, 0.1) is 19.7 Å². The Kier molecular flexibility index (Phi) is 5.95. The summed E-state index contributed by atoms with van der Waals surface area (Å²) in [6.07, 6.45) is 1.67. The monoisotopic (exact) mass is 267 g/mol. The van der Waals surface area contributed by atoms with Gasteiger partial charge >= 0.3 is 0 Å². The highest BCUT2D eigenvalue weighted by atomic mass is 19.1. The number of halogens is 1. The van der Waals surface area contributed by atoms with Crippen molar-refractivity contribution in [2.75, 3.05) is 0 Å². The molecule has 3 heteroatoms. The fourth-order valence-electron chi connectivity index (χ4n) is 2.37. The summed E-state index contributed by atoms with van der Waals surface area (Å²) in [6.45, 7) is 7.86. The lowest BCUT2D eigenvalue weighted by atomic mass is 9.89. The van der Waals surface area contributed by atoms with Crippen LogP contribution >= 0.6 is 0 Å². The second-order valence-corrected chi connectivity index (χ2v) is 5.61. The van der Waals surface area contributed by atoms with E-state index in [9.17, 15) is 9.50 Å². The number of hydrogen-bond acceptors (Lipinski definition) is 2. The molecule has 2 nitrogen and oxygen atoms in total. The van der Waals surface area contributed by atoms with Crippen molar-refractivity contribution in [2.24, 2.45) is 5.73 Å². The van der Waals surface area contributed by atoms with Gasteiger partial charge in [-0.1, -0.05) is 26.3 Å². The molecule has 1 rings (SSSR count). The first kappa shape index (κ1) is 16.1. The summed E-state index contributed by atoms with van der Waals surface area (Å²) in [5, 5.41) is 10.0. The predicted octanol–water partition coefficient (Wildman–Crippen LogP) is 3.42. The molecule has 0 fully saturated rings. The van der Waals surface area contributed by atoms with Gasteiger partial charge in [0.25, 0.3) is 0 Å². The number of aryl methyl sites for hydroxylation is 2. The van der Waals surface area contributed by atoms with Crippen LogP contribution in [0.3, 0.4) is 0 Å². The summed E-state index contributed by atoms with van der Waals surface area (Å²) < 4.78 is 14.0. The van der Waals surface area contributed by atoms with Gasteiger partial charge in [-0.2, -0.15) is 0 Å². The molecule has 108 valence electrons. The van der Waals surface area contributed by atoms with Crippen LogP contribution in [0.25, 0.3) is 0 Å². The van der Waals surface area contributed by atoms with E-state index in [0.717, 1.165) is 24.0 Å². The molecule has 0 radical (unpaired) electrons. The van der Waals surface area contributed by atoms with E-state index in [2.05, 4.69) is 0 Å². The van der Waals surface area contributed by atoms with E-state index < -0.39 is 6.10 Å². The van der Waals surface area contributed by atoms with Crippen LogP contribution in [0.5, 0.6) is 0 Å². The van der Waals surface area contributed by atoms with Crippen molar-refractivity contribution in [1.82, 2.24) is 0 Å². The fourth-order valence-corrected chi connectivity index (χ4v) is 2.37. The molecule has 0 aliphatic carbocycles. The van der Waals surface area contributed by atoms with Crippen molar-refractivity contribution >= 4 is 0 Å². The lowest BCUT2D eigenvalue weighted by Crippen LogP contribution is -2.35. The van der Waals surface area contributed by atoms with Gasteiger partial charge in [0.1, 0.15) is 5.82 Å². The third-order valence-electron chi connectivity index (χ3n) is 3.86. The molecule has 0 heterocycles. The minimum atomic E-state index is -0.573. The molecule has 0 aliphatic heterocycles. The zero-order valence-electron chi connectivity index (χ0n) is 12.4. The van der Waals surface area contributed by atoms with Crippen molar-refractivity contribution in [3.63, 3.8) is 0 Å². The van der Waals surface area contributed by atoms with E-state index in [1.165, 1.54) is 0 Å². The standard InChI is InChI=1S/C16H26FNO/c1-5-6-15(18)16(19)9-12(4)13-7-10(2)11(3)8-14(13)17/h7-8,12,15-16,19H,5-6,9,18H2,1-4H3. The number of aliphatic hydroxyl groups excluding tert-OH is 1. The highest BCUT2D eigenvalue weighted by Crippen LogP contribution is 2.27. The van der Waals surface area contributed by atoms with E-state index in [1.54, 1.807) is 6.07 Å². The van der Waals surface area contributed by atoms with Gasteiger partial charge in [0.15, 0.2) is 0 Å². The first-order chi connectivity index (χ1) is 8.86. The number of nitrogens with two attached hydrogens (primary N) is 1. The van der Waals surface area contributed by atoms with Crippen LogP contribution < -0.4 is 5.73 Å². The van der Waals surface area contributed by atoms with E-state index in [4.69, 9.17) is 5.73 Å². The van der Waals surface area contributed by atoms with Crippen LogP contribution in [0.4, 0.5) is 4.39 Å². The van der Waals surface area contributed by atoms with Crippen molar-refractivity contribution in [3.8, 4) is 0 Å². The highest BCUT2D eigenvalue weighted by molar-refractivity contribution is 5.33. The highest BCUT2D eigenvalue weighted by Gasteiger charge is 2.20. The zero-order chi connectivity index (χ0) is 14.6. The fraction of sp³-hybridized carbons (Fsp3) is 0.625. The van der Waals surface area contributed by atoms with Gasteiger partial charge < -0.3 is 10.8 Å². The van der Waals surface area contributed by atoms with Gasteiger partial charge in [0.05, 0.1) is 6.10 Å². The molecular weight excluding hydrogens is 241 g/mol. The third kappa shape index (κ3) is 4.29.